The monoisotopic (exact) mass is 506 g/mol. The molecule has 2 aliphatic heterocycles. The fraction of sp³-hybridized carbons (Fsp3) is 0.607. The van der Waals surface area contributed by atoms with Gasteiger partial charge in [0, 0.05) is 55.0 Å². The van der Waals surface area contributed by atoms with E-state index in [0.717, 1.165) is 87.3 Å². The minimum atomic E-state index is -0.193. The van der Waals surface area contributed by atoms with Crippen LogP contribution in [0.5, 0.6) is 0 Å². The number of pyridine rings is 1. The third-order valence-electron chi connectivity index (χ3n) is 8.47. The summed E-state index contributed by atoms with van der Waals surface area (Å²) >= 11 is 0. The van der Waals surface area contributed by atoms with Crippen LogP contribution in [0.25, 0.3) is 16.6 Å². The van der Waals surface area contributed by atoms with Crippen molar-refractivity contribution in [3.8, 4) is 11.1 Å². The highest BCUT2D eigenvalue weighted by molar-refractivity contribution is 5.82. The summed E-state index contributed by atoms with van der Waals surface area (Å²) in [6.07, 6.45) is 9.55. The molecule has 3 aromatic heterocycles. The van der Waals surface area contributed by atoms with Gasteiger partial charge in [0.2, 0.25) is 5.95 Å². The lowest BCUT2D eigenvalue weighted by Gasteiger charge is -2.47. The molecule has 3 fully saturated rings. The number of hydrogen-bond acceptors (Lipinski definition) is 8. The van der Waals surface area contributed by atoms with Crippen LogP contribution in [-0.4, -0.2) is 76.9 Å². The number of rotatable bonds is 7. The smallest absolute Gasteiger partial charge is 0.241 e. The predicted molar refractivity (Wildman–Crippen MR) is 143 cm³/mol. The molecule has 2 saturated heterocycles. The van der Waals surface area contributed by atoms with E-state index in [-0.39, 0.29) is 12.1 Å². The highest BCUT2D eigenvalue weighted by Gasteiger charge is 2.41. The molecular formula is C28H38N6O3. The van der Waals surface area contributed by atoms with Crippen molar-refractivity contribution in [3.05, 3.63) is 36.3 Å². The van der Waals surface area contributed by atoms with E-state index in [1.807, 2.05) is 12.4 Å². The number of nitrogens with one attached hydrogen (secondary N) is 1. The number of nitrogens with zero attached hydrogens (tertiary/aromatic N) is 5. The zero-order valence-corrected chi connectivity index (χ0v) is 21.9. The van der Waals surface area contributed by atoms with E-state index in [1.54, 1.807) is 7.11 Å². The number of hydrogen-bond donors (Lipinski definition) is 2. The van der Waals surface area contributed by atoms with E-state index in [1.165, 1.54) is 5.69 Å². The van der Waals surface area contributed by atoms with Crippen molar-refractivity contribution in [1.82, 2.24) is 19.6 Å². The van der Waals surface area contributed by atoms with Crippen molar-refractivity contribution in [1.29, 1.82) is 0 Å². The van der Waals surface area contributed by atoms with E-state index < -0.39 is 0 Å². The van der Waals surface area contributed by atoms with Crippen molar-refractivity contribution < 1.29 is 14.6 Å². The largest absolute Gasteiger partial charge is 0.393 e. The lowest BCUT2D eigenvalue weighted by atomic mass is 9.77. The maximum atomic E-state index is 10.1. The Bertz CT molecular complexity index is 1220. The number of aromatic nitrogens is 4. The summed E-state index contributed by atoms with van der Waals surface area (Å²) in [5.41, 5.74) is 4.84. The summed E-state index contributed by atoms with van der Waals surface area (Å²) in [6, 6.07) is 6.69. The number of piperidine rings is 1. The van der Waals surface area contributed by atoms with Crippen LogP contribution < -0.4 is 10.2 Å². The third kappa shape index (κ3) is 4.92. The molecule has 1 atom stereocenters. The summed E-state index contributed by atoms with van der Waals surface area (Å²) in [6.45, 7) is 6.49. The molecule has 6 rings (SSSR count). The molecule has 0 bridgehead atoms. The first-order valence-electron chi connectivity index (χ1n) is 13.6. The number of methoxy groups -OCH3 is 1. The molecule has 3 aliphatic rings. The number of anilines is 2. The molecule has 198 valence electrons. The SMILES string of the molecule is COC[C@H](C)Nc1ncc2c(-c3ccnc(N4CCC5(CC4)COC5)c3)cc([C@H]3CC[C@H](O)CC3)n2n1. The van der Waals surface area contributed by atoms with Gasteiger partial charge in [-0.2, -0.15) is 0 Å². The van der Waals surface area contributed by atoms with Gasteiger partial charge in [-0.3, -0.25) is 0 Å². The topological polar surface area (TPSA) is 97.0 Å². The Morgan fingerprint density at radius 1 is 1.16 bits per heavy atom. The molecule has 9 heteroatoms. The molecule has 0 aromatic carbocycles. The quantitative estimate of drug-likeness (QED) is 0.499. The molecule has 1 spiro atoms. The molecule has 1 aliphatic carbocycles. The van der Waals surface area contributed by atoms with Gasteiger partial charge in [0.25, 0.3) is 0 Å². The van der Waals surface area contributed by atoms with E-state index in [9.17, 15) is 5.11 Å². The van der Waals surface area contributed by atoms with Crippen LogP contribution in [0.2, 0.25) is 0 Å². The predicted octanol–water partition coefficient (Wildman–Crippen LogP) is 3.87. The summed E-state index contributed by atoms with van der Waals surface area (Å²) < 4.78 is 12.8. The van der Waals surface area contributed by atoms with Gasteiger partial charge in [-0.1, -0.05) is 0 Å². The number of aliphatic hydroxyl groups excluding tert-OH is 1. The van der Waals surface area contributed by atoms with E-state index in [4.69, 9.17) is 19.6 Å². The van der Waals surface area contributed by atoms with Crippen LogP contribution in [-0.2, 0) is 9.47 Å². The molecule has 37 heavy (non-hydrogen) atoms. The Kier molecular flexibility index (Phi) is 6.77. The molecule has 3 aromatic rings. The Balaban J connectivity index is 1.33. The van der Waals surface area contributed by atoms with Gasteiger partial charge in [0.1, 0.15) is 5.82 Å². The van der Waals surface area contributed by atoms with Crippen LogP contribution in [0.1, 0.15) is 57.1 Å². The average molecular weight is 507 g/mol. The first-order valence-corrected chi connectivity index (χ1v) is 13.6. The number of ether oxygens (including phenoxy) is 2. The molecular weight excluding hydrogens is 468 g/mol. The van der Waals surface area contributed by atoms with Gasteiger partial charge in [0.15, 0.2) is 0 Å². The molecule has 0 amide bonds. The van der Waals surface area contributed by atoms with Crippen molar-refractivity contribution >= 4 is 17.3 Å². The molecule has 5 heterocycles. The second-order valence-electron chi connectivity index (χ2n) is 11.3. The summed E-state index contributed by atoms with van der Waals surface area (Å²) in [7, 11) is 1.70. The Hall–Kier alpha value is -2.75. The van der Waals surface area contributed by atoms with Crippen LogP contribution in [0.3, 0.4) is 0 Å². The van der Waals surface area contributed by atoms with Gasteiger partial charge >= 0.3 is 0 Å². The van der Waals surface area contributed by atoms with Crippen LogP contribution in [0, 0.1) is 5.41 Å². The molecule has 0 radical (unpaired) electrons. The zero-order valence-electron chi connectivity index (χ0n) is 21.9. The Morgan fingerprint density at radius 2 is 1.95 bits per heavy atom. The maximum absolute atomic E-state index is 10.1. The molecule has 1 saturated carbocycles. The van der Waals surface area contributed by atoms with Crippen LogP contribution in [0.4, 0.5) is 11.8 Å². The van der Waals surface area contributed by atoms with Gasteiger partial charge in [0.05, 0.1) is 37.6 Å². The lowest BCUT2D eigenvalue weighted by Crippen LogP contribution is -2.51. The highest BCUT2D eigenvalue weighted by atomic mass is 16.5. The zero-order chi connectivity index (χ0) is 25.4. The number of aliphatic hydroxyl groups is 1. The third-order valence-corrected chi connectivity index (χ3v) is 8.47. The average Bonchev–Trinajstić information content (AvgIpc) is 3.27. The summed E-state index contributed by atoms with van der Waals surface area (Å²) in [4.78, 5) is 11.8. The molecule has 0 unspecified atom stereocenters. The normalized spacial score (nSPS) is 24.2. The van der Waals surface area contributed by atoms with Crippen molar-refractivity contribution in [2.45, 2.75) is 63.5 Å². The standard InChI is InChI=1S/C28H38N6O3/c1-19(16-36-2)31-27-30-15-25-23(14-24(34(25)32-27)20-3-5-22(35)6-4-20)21-7-10-29-26(13-21)33-11-8-28(9-12-33)17-37-18-28/h7,10,13-15,19-20,22,35H,3-6,8-9,11-12,16-18H2,1-2H3,(H,31,32)/t19-,20-,22-/m0/s1. The second-order valence-corrected chi connectivity index (χ2v) is 11.3. The van der Waals surface area contributed by atoms with Gasteiger partial charge in [-0.05, 0) is 69.2 Å². The van der Waals surface area contributed by atoms with E-state index in [2.05, 4.69) is 44.8 Å². The van der Waals surface area contributed by atoms with E-state index >= 15 is 0 Å². The van der Waals surface area contributed by atoms with Gasteiger partial charge in [-0.15, -0.1) is 5.10 Å². The van der Waals surface area contributed by atoms with Crippen LogP contribution in [0.15, 0.2) is 30.6 Å². The summed E-state index contributed by atoms with van der Waals surface area (Å²) in [5, 5.41) is 18.4. The Morgan fingerprint density at radius 3 is 2.65 bits per heavy atom. The van der Waals surface area contributed by atoms with Crippen molar-refractivity contribution in [2.75, 3.05) is 50.2 Å². The van der Waals surface area contributed by atoms with Crippen LogP contribution >= 0.6 is 0 Å². The van der Waals surface area contributed by atoms with Gasteiger partial charge < -0.3 is 24.8 Å². The fourth-order valence-corrected chi connectivity index (χ4v) is 6.14. The molecule has 2 N–H and O–H groups in total. The van der Waals surface area contributed by atoms with Gasteiger partial charge in [-0.25, -0.2) is 14.5 Å². The Labute approximate surface area is 218 Å². The fourth-order valence-electron chi connectivity index (χ4n) is 6.14. The van der Waals surface area contributed by atoms with Crippen molar-refractivity contribution in [3.63, 3.8) is 0 Å². The minimum Gasteiger partial charge on any atom is -0.393 e. The maximum Gasteiger partial charge on any atom is 0.241 e. The highest BCUT2D eigenvalue weighted by Crippen LogP contribution is 2.41. The van der Waals surface area contributed by atoms with Crippen molar-refractivity contribution in [2.24, 2.45) is 5.41 Å². The first kappa shape index (κ1) is 24.6. The second kappa shape index (κ2) is 10.2. The lowest BCUT2D eigenvalue weighted by molar-refractivity contribution is -0.124. The summed E-state index contributed by atoms with van der Waals surface area (Å²) in [5.74, 6) is 1.98. The van der Waals surface area contributed by atoms with E-state index in [0.29, 0.717) is 23.9 Å². The number of fused-ring (bicyclic) bond motifs is 1. The molecule has 9 nitrogen and oxygen atoms in total. The minimum absolute atomic E-state index is 0.101. The first-order chi connectivity index (χ1) is 18.0.